The highest BCUT2D eigenvalue weighted by atomic mass is 16.6. The lowest BCUT2D eigenvalue weighted by Gasteiger charge is -2.15. The van der Waals surface area contributed by atoms with Crippen molar-refractivity contribution >= 4 is 16.9 Å². The molecular weight excluding hydrogens is 480 g/mol. The molecule has 0 atom stereocenters. The van der Waals surface area contributed by atoms with Crippen molar-refractivity contribution in [2.24, 2.45) is 0 Å². The van der Waals surface area contributed by atoms with E-state index in [-0.39, 0.29) is 17.1 Å². The minimum absolute atomic E-state index is 0.0318. The maximum Gasteiger partial charge on any atom is 0.383 e. The first-order valence-electron chi connectivity index (χ1n) is 13.9. The number of hydrogen-bond acceptors (Lipinski definition) is 6. The van der Waals surface area contributed by atoms with Crippen LogP contribution >= 0.6 is 0 Å². The SMILES string of the molecule is CCC=CCCOc1cccc2oc(=O)c(OCCCCCCCCCC)c(OC(=O)c3ccccc3)c12. The first kappa shape index (κ1) is 29.0. The zero-order valence-corrected chi connectivity index (χ0v) is 22.7. The molecule has 38 heavy (non-hydrogen) atoms. The van der Waals surface area contributed by atoms with E-state index < -0.39 is 11.6 Å². The van der Waals surface area contributed by atoms with Crippen molar-refractivity contribution in [3.8, 4) is 17.2 Å². The van der Waals surface area contributed by atoms with Crippen molar-refractivity contribution in [2.45, 2.75) is 78.1 Å². The van der Waals surface area contributed by atoms with Crippen LogP contribution in [0.1, 0.15) is 88.4 Å². The number of rotatable bonds is 17. The molecule has 6 heteroatoms. The second-order valence-electron chi connectivity index (χ2n) is 9.27. The van der Waals surface area contributed by atoms with E-state index in [0.29, 0.717) is 29.9 Å². The van der Waals surface area contributed by atoms with E-state index in [9.17, 15) is 9.59 Å². The number of hydrogen-bond donors (Lipinski definition) is 0. The van der Waals surface area contributed by atoms with Crippen molar-refractivity contribution in [3.63, 3.8) is 0 Å². The molecule has 3 aromatic rings. The fourth-order valence-electron chi connectivity index (χ4n) is 4.17. The van der Waals surface area contributed by atoms with E-state index in [4.69, 9.17) is 18.6 Å². The van der Waals surface area contributed by atoms with Gasteiger partial charge in [-0.15, -0.1) is 0 Å². The molecule has 1 heterocycles. The van der Waals surface area contributed by atoms with Gasteiger partial charge in [0.25, 0.3) is 0 Å². The average Bonchev–Trinajstić information content (AvgIpc) is 2.93. The number of carbonyl (C=O) groups is 1. The summed E-state index contributed by atoms with van der Waals surface area (Å²) in [4.78, 5) is 26.0. The predicted octanol–water partition coefficient (Wildman–Crippen LogP) is 8.27. The molecule has 0 radical (unpaired) electrons. The van der Waals surface area contributed by atoms with Crippen LogP contribution in [0.25, 0.3) is 11.0 Å². The number of carbonyl (C=O) groups excluding carboxylic acids is 1. The average molecular weight is 521 g/mol. The van der Waals surface area contributed by atoms with Crippen molar-refractivity contribution < 1.29 is 23.4 Å². The van der Waals surface area contributed by atoms with Gasteiger partial charge in [-0.1, -0.05) is 95.2 Å². The summed E-state index contributed by atoms with van der Waals surface area (Å²) in [5, 5.41) is 0.404. The van der Waals surface area contributed by atoms with Crippen LogP contribution in [0.4, 0.5) is 0 Å². The molecular formula is C32H40O6. The standard InChI is InChI=1S/C32H40O6/c1-3-5-7-9-10-11-12-17-24-36-30-29(38-31(33)25-19-14-13-15-20-25)28-26(35-23-16-8-6-4-2)21-18-22-27(28)37-32(30)34/h6,8,13-15,18-22H,3-5,7,9-12,16-17,23-24H2,1-2H3. The molecule has 0 saturated heterocycles. The first-order chi connectivity index (χ1) is 18.7. The zero-order chi connectivity index (χ0) is 27.0. The van der Waals surface area contributed by atoms with Gasteiger partial charge in [-0.25, -0.2) is 9.59 Å². The molecule has 2 aromatic carbocycles. The number of fused-ring (bicyclic) bond motifs is 1. The minimum Gasteiger partial charge on any atom is -0.492 e. The summed E-state index contributed by atoms with van der Waals surface area (Å²) in [5.41, 5.74) is -0.0473. The lowest BCUT2D eigenvalue weighted by molar-refractivity contribution is 0.0729. The van der Waals surface area contributed by atoms with Crippen molar-refractivity contribution in [1.29, 1.82) is 0 Å². The molecule has 0 unspecified atom stereocenters. The van der Waals surface area contributed by atoms with Crippen LogP contribution in [0.2, 0.25) is 0 Å². The highest BCUT2D eigenvalue weighted by Gasteiger charge is 2.24. The Kier molecular flexibility index (Phi) is 12.5. The largest absolute Gasteiger partial charge is 0.492 e. The Hall–Kier alpha value is -3.54. The monoisotopic (exact) mass is 520 g/mol. The van der Waals surface area contributed by atoms with E-state index in [1.165, 1.54) is 32.1 Å². The van der Waals surface area contributed by atoms with Crippen molar-refractivity contribution in [1.82, 2.24) is 0 Å². The van der Waals surface area contributed by atoms with Gasteiger partial charge in [0, 0.05) is 0 Å². The topological polar surface area (TPSA) is 75.0 Å². The smallest absolute Gasteiger partial charge is 0.383 e. The van der Waals surface area contributed by atoms with Gasteiger partial charge in [0.1, 0.15) is 16.7 Å². The molecule has 0 bridgehead atoms. The molecule has 0 spiro atoms. The Balaban J connectivity index is 1.83. The lowest BCUT2D eigenvalue weighted by Crippen LogP contribution is -2.15. The fourth-order valence-corrected chi connectivity index (χ4v) is 4.17. The second kappa shape index (κ2) is 16.3. The van der Waals surface area contributed by atoms with Crippen LogP contribution in [0.3, 0.4) is 0 Å². The summed E-state index contributed by atoms with van der Waals surface area (Å²) in [5.74, 6) is -0.199. The number of allylic oxidation sites excluding steroid dienone is 1. The van der Waals surface area contributed by atoms with E-state index in [1.807, 2.05) is 6.07 Å². The van der Waals surface area contributed by atoms with Crippen LogP contribution in [-0.2, 0) is 0 Å². The number of benzene rings is 2. The highest BCUT2D eigenvalue weighted by Crippen LogP contribution is 2.39. The van der Waals surface area contributed by atoms with E-state index in [1.54, 1.807) is 42.5 Å². The van der Waals surface area contributed by atoms with Crippen LogP contribution in [-0.4, -0.2) is 19.2 Å². The highest BCUT2D eigenvalue weighted by molar-refractivity contribution is 5.97. The molecule has 1 aromatic heterocycles. The van der Waals surface area contributed by atoms with Crippen LogP contribution in [0, 0.1) is 0 Å². The first-order valence-corrected chi connectivity index (χ1v) is 13.9. The van der Waals surface area contributed by atoms with Gasteiger partial charge in [0.15, 0.2) is 5.75 Å². The Labute approximate surface area is 225 Å². The van der Waals surface area contributed by atoms with Crippen LogP contribution in [0.15, 0.2) is 69.9 Å². The van der Waals surface area contributed by atoms with Gasteiger partial charge in [-0.2, -0.15) is 0 Å². The Morgan fingerprint density at radius 2 is 1.53 bits per heavy atom. The van der Waals surface area contributed by atoms with E-state index in [2.05, 4.69) is 26.0 Å². The summed E-state index contributed by atoms with van der Waals surface area (Å²) in [7, 11) is 0. The quantitative estimate of drug-likeness (QED) is 0.0772. The molecule has 0 aliphatic heterocycles. The molecule has 0 saturated carbocycles. The Morgan fingerprint density at radius 1 is 0.789 bits per heavy atom. The third-order valence-electron chi connectivity index (χ3n) is 6.20. The van der Waals surface area contributed by atoms with Crippen molar-refractivity contribution in [3.05, 3.63) is 76.7 Å². The summed E-state index contributed by atoms with van der Waals surface area (Å²) < 4.78 is 23.3. The summed E-state index contributed by atoms with van der Waals surface area (Å²) >= 11 is 0. The second-order valence-corrected chi connectivity index (χ2v) is 9.27. The number of esters is 1. The molecule has 0 N–H and O–H groups in total. The van der Waals surface area contributed by atoms with Gasteiger partial charge >= 0.3 is 11.6 Å². The molecule has 3 rings (SSSR count). The van der Waals surface area contributed by atoms with Gasteiger partial charge in [-0.3, -0.25) is 0 Å². The molecule has 0 aliphatic rings. The third-order valence-corrected chi connectivity index (χ3v) is 6.20. The number of ether oxygens (including phenoxy) is 3. The summed E-state index contributed by atoms with van der Waals surface area (Å²) in [6.07, 6.45) is 15.0. The maximum atomic E-state index is 13.0. The van der Waals surface area contributed by atoms with Crippen LogP contribution in [0.5, 0.6) is 17.2 Å². The predicted molar refractivity (Wildman–Crippen MR) is 152 cm³/mol. The normalized spacial score (nSPS) is 11.2. The zero-order valence-electron chi connectivity index (χ0n) is 22.7. The molecule has 6 nitrogen and oxygen atoms in total. The minimum atomic E-state index is -0.684. The summed E-state index contributed by atoms with van der Waals surface area (Å²) in [6, 6.07) is 13.8. The van der Waals surface area contributed by atoms with E-state index in [0.717, 1.165) is 32.1 Å². The third kappa shape index (κ3) is 8.79. The molecule has 0 aliphatic carbocycles. The van der Waals surface area contributed by atoms with Crippen LogP contribution < -0.4 is 19.8 Å². The maximum absolute atomic E-state index is 13.0. The van der Waals surface area contributed by atoms with Gasteiger partial charge < -0.3 is 18.6 Å². The van der Waals surface area contributed by atoms with Gasteiger partial charge in [0.2, 0.25) is 5.75 Å². The fraction of sp³-hybridized carbons (Fsp3) is 0.438. The molecule has 0 amide bonds. The van der Waals surface area contributed by atoms with Crippen molar-refractivity contribution in [2.75, 3.05) is 13.2 Å². The van der Waals surface area contributed by atoms with Gasteiger partial charge in [-0.05, 0) is 43.5 Å². The van der Waals surface area contributed by atoms with E-state index >= 15 is 0 Å². The molecule has 204 valence electrons. The Bertz CT molecular complexity index is 1210. The lowest BCUT2D eigenvalue weighted by atomic mass is 10.1. The summed E-state index contributed by atoms with van der Waals surface area (Å²) in [6.45, 7) is 5.04. The number of unbranched alkanes of at least 4 members (excludes halogenated alkanes) is 7. The molecule has 0 fully saturated rings. The van der Waals surface area contributed by atoms with Gasteiger partial charge in [0.05, 0.1) is 18.8 Å². The Morgan fingerprint density at radius 3 is 2.26 bits per heavy atom.